The minimum absolute atomic E-state index is 0. The number of rotatable bonds is 4. The van der Waals surface area contributed by atoms with Gasteiger partial charge >= 0.3 is 0 Å². The van der Waals surface area contributed by atoms with Crippen molar-refractivity contribution in [3.8, 4) is 0 Å². The molecule has 0 saturated carbocycles. The smallest absolute Gasteiger partial charge is 0.251 e. The predicted octanol–water partition coefficient (Wildman–Crippen LogP) is 1.89. The lowest BCUT2D eigenvalue weighted by Crippen LogP contribution is -2.39. The lowest BCUT2D eigenvalue weighted by atomic mass is 10.2. The van der Waals surface area contributed by atoms with Crippen LogP contribution in [0.3, 0.4) is 0 Å². The third kappa shape index (κ3) is 6.22. The molecule has 4 nitrogen and oxygen atoms in total. The number of hydrogen-bond acceptors (Lipinski definition) is 4. The number of amides is 1. The van der Waals surface area contributed by atoms with E-state index in [4.69, 9.17) is 5.73 Å². The Morgan fingerprint density at radius 2 is 2.00 bits per heavy atom. The normalized spacial score (nSPS) is 14.8. The maximum absolute atomic E-state index is 11.8. The van der Waals surface area contributed by atoms with Crippen LogP contribution in [0, 0.1) is 0 Å². The summed E-state index contributed by atoms with van der Waals surface area (Å²) >= 11 is 1.99. The quantitative estimate of drug-likeness (QED) is 0.824. The van der Waals surface area contributed by atoms with Crippen molar-refractivity contribution in [2.45, 2.75) is 0 Å². The summed E-state index contributed by atoms with van der Waals surface area (Å²) in [6.45, 7) is 3.87. The molecule has 0 spiro atoms. The Labute approximate surface area is 136 Å². The molecule has 20 heavy (non-hydrogen) atoms. The molecule has 1 aliphatic heterocycles. The fourth-order valence-electron chi connectivity index (χ4n) is 1.93. The zero-order valence-corrected chi connectivity index (χ0v) is 13.7. The number of benzene rings is 1. The van der Waals surface area contributed by atoms with Gasteiger partial charge in [0.25, 0.3) is 5.91 Å². The van der Waals surface area contributed by atoms with Crippen LogP contribution in [-0.4, -0.2) is 48.5 Å². The van der Waals surface area contributed by atoms with Crippen LogP contribution in [0.15, 0.2) is 24.3 Å². The number of anilines is 1. The molecule has 3 N–H and O–H groups in total. The van der Waals surface area contributed by atoms with Crippen molar-refractivity contribution in [1.29, 1.82) is 0 Å². The van der Waals surface area contributed by atoms with E-state index >= 15 is 0 Å². The van der Waals surface area contributed by atoms with Crippen molar-refractivity contribution in [2.24, 2.45) is 0 Å². The number of halogens is 2. The summed E-state index contributed by atoms with van der Waals surface area (Å²) in [5.41, 5.74) is 6.90. The van der Waals surface area contributed by atoms with Gasteiger partial charge in [-0.25, -0.2) is 0 Å². The zero-order chi connectivity index (χ0) is 12.8. The van der Waals surface area contributed by atoms with E-state index in [0.29, 0.717) is 17.8 Å². The zero-order valence-electron chi connectivity index (χ0n) is 11.2. The Morgan fingerprint density at radius 3 is 2.65 bits per heavy atom. The summed E-state index contributed by atoms with van der Waals surface area (Å²) in [4.78, 5) is 14.2. The van der Waals surface area contributed by atoms with Crippen LogP contribution in [0.5, 0.6) is 0 Å². The van der Waals surface area contributed by atoms with Crippen LogP contribution in [-0.2, 0) is 0 Å². The monoisotopic (exact) mass is 337 g/mol. The average molecular weight is 338 g/mol. The van der Waals surface area contributed by atoms with Crippen LogP contribution in [0.4, 0.5) is 5.69 Å². The van der Waals surface area contributed by atoms with E-state index in [1.165, 1.54) is 11.5 Å². The molecule has 0 aromatic heterocycles. The summed E-state index contributed by atoms with van der Waals surface area (Å²) in [6.07, 6.45) is 0. The number of nitrogens with zero attached hydrogens (tertiary/aromatic N) is 1. The van der Waals surface area contributed by atoms with Gasteiger partial charge in [-0.2, -0.15) is 11.8 Å². The molecule has 2 rings (SSSR count). The Hall–Kier alpha value is -0.620. The third-order valence-corrected chi connectivity index (χ3v) is 3.91. The van der Waals surface area contributed by atoms with Gasteiger partial charge in [0.05, 0.1) is 0 Å². The van der Waals surface area contributed by atoms with Gasteiger partial charge in [0.15, 0.2) is 0 Å². The predicted molar refractivity (Wildman–Crippen MR) is 91.4 cm³/mol. The number of hydrogen-bond donors (Lipinski definition) is 2. The maximum atomic E-state index is 11.8. The molecule has 114 valence electrons. The number of nitrogens with one attached hydrogen (secondary N) is 1. The van der Waals surface area contributed by atoms with E-state index in [1.807, 2.05) is 11.8 Å². The summed E-state index contributed by atoms with van der Waals surface area (Å²) in [7, 11) is 0. The Morgan fingerprint density at radius 1 is 1.30 bits per heavy atom. The molecular weight excluding hydrogens is 317 g/mol. The number of nitrogens with two attached hydrogens (primary N) is 1. The molecular formula is C13H21Cl2N3OS. The first-order chi connectivity index (χ1) is 8.75. The topological polar surface area (TPSA) is 58.4 Å². The van der Waals surface area contributed by atoms with E-state index in [2.05, 4.69) is 10.2 Å². The molecule has 0 atom stereocenters. The first-order valence-corrected chi connectivity index (χ1v) is 7.35. The molecule has 1 amide bonds. The van der Waals surface area contributed by atoms with Crippen LogP contribution in [0.1, 0.15) is 10.4 Å². The minimum atomic E-state index is -0.0475. The number of thioether (sulfide) groups is 1. The molecule has 1 aliphatic rings. The van der Waals surface area contributed by atoms with Crippen molar-refractivity contribution in [3.63, 3.8) is 0 Å². The van der Waals surface area contributed by atoms with E-state index in [1.54, 1.807) is 24.3 Å². The van der Waals surface area contributed by atoms with Gasteiger partial charge in [0, 0.05) is 48.9 Å². The highest BCUT2D eigenvalue weighted by Gasteiger charge is 2.10. The second kappa shape index (κ2) is 10.2. The highest BCUT2D eigenvalue weighted by molar-refractivity contribution is 7.99. The second-order valence-corrected chi connectivity index (χ2v) is 5.56. The Bertz CT molecular complexity index is 414. The first kappa shape index (κ1) is 19.4. The summed E-state index contributed by atoms with van der Waals surface area (Å²) in [5, 5.41) is 2.93. The summed E-state index contributed by atoms with van der Waals surface area (Å²) < 4.78 is 0. The molecule has 7 heteroatoms. The van der Waals surface area contributed by atoms with Crippen LogP contribution in [0.25, 0.3) is 0 Å². The molecule has 1 saturated heterocycles. The van der Waals surface area contributed by atoms with Crippen molar-refractivity contribution in [2.75, 3.05) is 43.4 Å². The Kier molecular flexibility index (Phi) is 9.84. The van der Waals surface area contributed by atoms with Gasteiger partial charge in [0.2, 0.25) is 0 Å². The molecule has 0 aliphatic carbocycles. The van der Waals surface area contributed by atoms with Crippen LogP contribution in [0.2, 0.25) is 0 Å². The number of carbonyl (C=O) groups excluding carboxylic acids is 1. The van der Waals surface area contributed by atoms with Crippen molar-refractivity contribution in [1.82, 2.24) is 10.2 Å². The molecule has 0 bridgehead atoms. The largest absolute Gasteiger partial charge is 0.399 e. The minimum Gasteiger partial charge on any atom is -0.399 e. The van der Waals surface area contributed by atoms with Gasteiger partial charge in [-0.05, 0) is 18.2 Å². The van der Waals surface area contributed by atoms with Gasteiger partial charge < -0.3 is 11.1 Å². The average Bonchev–Trinajstić information content (AvgIpc) is 2.40. The first-order valence-electron chi connectivity index (χ1n) is 6.19. The molecule has 0 radical (unpaired) electrons. The molecule has 1 heterocycles. The van der Waals surface area contributed by atoms with Crippen molar-refractivity contribution >= 4 is 48.2 Å². The summed E-state index contributed by atoms with van der Waals surface area (Å²) in [5.74, 6) is 2.35. The lowest BCUT2D eigenvalue weighted by Gasteiger charge is -2.25. The molecule has 0 unspecified atom stereocenters. The SMILES string of the molecule is Cl.Cl.Nc1cccc(C(=O)NCCN2CCSCC2)c1. The van der Waals surface area contributed by atoms with E-state index in [-0.39, 0.29) is 30.7 Å². The second-order valence-electron chi connectivity index (χ2n) is 4.34. The fraction of sp³-hybridized carbons (Fsp3) is 0.462. The van der Waals surface area contributed by atoms with E-state index in [0.717, 1.165) is 19.6 Å². The summed E-state index contributed by atoms with van der Waals surface area (Å²) in [6, 6.07) is 7.06. The van der Waals surface area contributed by atoms with Crippen LogP contribution < -0.4 is 11.1 Å². The van der Waals surface area contributed by atoms with Crippen LogP contribution >= 0.6 is 36.6 Å². The van der Waals surface area contributed by atoms with E-state index in [9.17, 15) is 4.79 Å². The van der Waals surface area contributed by atoms with Gasteiger partial charge in [0.1, 0.15) is 0 Å². The van der Waals surface area contributed by atoms with Crippen molar-refractivity contribution < 1.29 is 4.79 Å². The highest BCUT2D eigenvalue weighted by atomic mass is 35.5. The van der Waals surface area contributed by atoms with Gasteiger partial charge in [-0.1, -0.05) is 6.07 Å². The fourth-order valence-corrected chi connectivity index (χ4v) is 2.91. The standard InChI is InChI=1S/C13H19N3OS.2ClH/c14-12-3-1-2-11(10-12)13(17)15-4-5-16-6-8-18-9-7-16;;/h1-3,10H,4-9,14H2,(H,15,17);2*1H. The third-order valence-electron chi connectivity index (χ3n) is 2.97. The molecule has 1 fully saturated rings. The number of nitrogen functional groups attached to an aromatic ring is 1. The van der Waals surface area contributed by atoms with Gasteiger partial charge in [-0.15, -0.1) is 24.8 Å². The lowest BCUT2D eigenvalue weighted by molar-refractivity contribution is 0.0949. The Balaban J connectivity index is 0.00000180. The highest BCUT2D eigenvalue weighted by Crippen LogP contribution is 2.08. The maximum Gasteiger partial charge on any atom is 0.251 e. The van der Waals surface area contributed by atoms with E-state index < -0.39 is 0 Å². The van der Waals surface area contributed by atoms with Crippen molar-refractivity contribution in [3.05, 3.63) is 29.8 Å². The molecule has 1 aromatic rings. The number of carbonyl (C=O) groups is 1. The van der Waals surface area contributed by atoms with Gasteiger partial charge in [-0.3, -0.25) is 9.69 Å². The molecule has 1 aromatic carbocycles.